The summed E-state index contributed by atoms with van der Waals surface area (Å²) in [5, 5.41) is 4.89. The fourth-order valence-electron chi connectivity index (χ4n) is 1.82. The number of thioether (sulfide) groups is 1. The number of rotatable bonds is 4. The second-order valence-corrected chi connectivity index (χ2v) is 6.33. The Kier molecular flexibility index (Phi) is 4.39. The number of hydrogen-bond acceptors (Lipinski definition) is 5. The maximum atomic E-state index is 13.4. The summed E-state index contributed by atoms with van der Waals surface area (Å²) < 4.78 is 26.2. The van der Waals surface area contributed by atoms with Crippen LogP contribution in [0.25, 0.3) is 10.2 Å². The topological polar surface area (TPSA) is 74.8 Å². The van der Waals surface area contributed by atoms with Gasteiger partial charge in [-0.1, -0.05) is 11.8 Å². The molecule has 0 aliphatic carbocycles. The van der Waals surface area contributed by atoms with Crippen molar-refractivity contribution in [2.75, 3.05) is 11.1 Å². The Morgan fingerprint density at radius 3 is 2.96 bits per heavy atom. The largest absolute Gasteiger partial charge is 0.323 e. The third-order valence-electron chi connectivity index (χ3n) is 2.86. The minimum Gasteiger partial charge on any atom is -0.323 e. The number of aromatic amines is 1. The van der Waals surface area contributed by atoms with E-state index in [9.17, 15) is 18.4 Å². The van der Waals surface area contributed by atoms with Gasteiger partial charge in [0.05, 0.1) is 16.8 Å². The highest BCUT2D eigenvalue weighted by atomic mass is 32.2. The molecule has 5 nitrogen and oxygen atoms in total. The van der Waals surface area contributed by atoms with Gasteiger partial charge in [-0.3, -0.25) is 9.59 Å². The van der Waals surface area contributed by atoms with Crippen LogP contribution in [0.5, 0.6) is 0 Å². The van der Waals surface area contributed by atoms with Gasteiger partial charge in [-0.25, -0.2) is 13.8 Å². The van der Waals surface area contributed by atoms with Crippen LogP contribution >= 0.6 is 23.1 Å². The summed E-state index contributed by atoms with van der Waals surface area (Å²) in [6.07, 6.45) is 0. The van der Waals surface area contributed by atoms with Gasteiger partial charge < -0.3 is 10.3 Å². The number of hydrogen-bond donors (Lipinski definition) is 2. The first-order valence-electron chi connectivity index (χ1n) is 6.38. The Morgan fingerprint density at radius 2 is 2.17 bits per heavy atom. The van der Waals surface area contributed by atoms with E-state index < -0.39 is 17.5 Å². The number of carbonyl (C=O) groups excluding carboxylic acids is 1. The molecule has 0 aliphatic heterocycles. The SMILES string of the molecule is O=C(CSc1nc2sccc2c(=O)[nH]1)Nc1ccc(F)cc1F. The summed E-state index contributed by atoms with van der Waals surface area (Å²) >= 11 is 2.35. The van der Waals surface area contributed by atoms with Crippen LogP contribution in [0.15, 0.2) is 39.6 Å². The van der Waals surface area contributed by atoms with Crippen molar-refractivity contribution in [3.8, 4) is 0 Å². The van der Waals surface area contributed by atoms with Crippen molar-refractivity contribution in [3.63, 3.8) is 0 Å². The number of nitrogens with one attached hydrogen (secondary N) is 2. The van der Waals surface area contributed by atoms with Gasteiger partial charge in [0.25, 0.3) is 5.56 Å². The Morgan fingerprint density at radius 1 is 1.35 bits per heavy atom. The molecule has 0 saturated carbocycles. The summed E-state index contributed by atoms with van der Waals surface area (Å²) in [7, 11) is 0. The van der Waals surface area contributed by atoms with Crippen LogP contribution < -0.4 is 10.9 Å². The Labute approximate surface area is 136 Å². The molecule has 2 N–H and O–H groups in total. The van der Waals surface area contributed by atoms with E-state index in [0.717, 1.165) is 23.9 Å². The number of nitrogens with zero attached hydrogens (tertiary/aromatic N) is 1. The van der Waals surface area contributed by atoms with Crippen molar-refractivity contribution in [3.05, 3.63) is 51.6 Å². The molecule has 3 aromatic rings. The molecular formula is C14H9F2N3O2S2. The zero-order valence-corrected chi connectivity index (χ0v) is 13.1. The van der Waals surface area contributed by atoms with E-state index in [1.807, 2.05) is 0 Å². The zero-order chi connectivity index (χ0) is 16.4. The summed E-state index contributed by atoms with van der Waals surface area (Å²) in [5.74, 6) is -2.14. The molecular weight excluding hydrogens is 344 g/mol. The molecule has 0 saturated heterocycles. The fraction of sp³-hybridized carbons (Fsp3) is 0.0714. The van der Waals surface area contributed by atoms with Gasteiger partial charge in [-0.05, 0) is 23.6 Å². The molecule has 1 aromatic carbocycles. The second kappa shape index (κ2) is 6.47. The molecule has 1 amide bonds. The molecule has 0 atom stereocenters. The second-order valence-electron chi connectivity index (χ2n) is 4.47. The minimum atomic E-state index is -0.852. The molecule has 23 heavy (non-hydrogen) atoms. The molecule has 0 bridgehead atoms. The van der Waals surface area contributed by atoms with Gasteiger partial charge in [-0.15, -0.1) is 11.3 Å². The monoisotopic (exact) mass is 353 g/mol. The highest BCUT2D eigenvalue weighted by Gasteiger charge is 2.11. The maximum Gasteiger partial charge on any atom is 0.260 e. The first kappa shape index (κ1) is 15.6. The number of amides is 1. The van der Waals surface area contributed by atoms with E-state index in [0.29, 0.717) is 21.4 Å². The van der Waals surface area contributed by atoms with Gasteiger partial charge in [0.1, 0.15) is 16.5 Å². The average molecular weight is 353 g/mol. The molecule has 118 valence electrons. The lowest BCUT2D eigenvalue weighted by Gasteiger charge is -2.06. The van der Waals surface area contributed by atoms with Crippen molar-refractivity contribution in [2.45, 2.75) is 5.16 Å². The van der Waals surface area contributed by atoms with Crippen LogP contribution in [0, 0.1) is 11.6 Å². The number of carbonyl (C=O) groups is 1. The van der Waals surface area contributed by atoms with Crippen LogP contribution in [0.4, 0.5) is 14.5 Å². The van der Waals surface area contributed by atoms with Crippen molar-refractivity contribution in [1.82, 2.24) is 9.97 Å². The van der Waals surface area contributed by atoms with E-state index >= 15 is 0 Å². The summed E-state index contributed by atoms with van der Waals surface area (Å²) in [5.41, 5.74) is -0.379. The van der Waals surface area contributed by atoms with Crippen LogP contribution in [-0.2, 0) is 4.79 Å². The van der Waals surface area contributed by atoms with Crippen LogP contribution in [0.2, 0.25) is 0 Å². The van der Waals surface area contributed by atoms with Crippen molar-refractivity contribution in [2.24, 2.45) is 0 Å². The summed E-state index contributed by atoms with van der Waals surface area (Å²) in [6.45, 7) is 0. The van der Waals surface area contributed by atoms with Gasteiger partial charge in [-0.2, -0.15) is 0 Å². The molecule has 0 radical (unpaired) electrons. The van der Waals surface area contributed by atoms with Crippen molar-refractivity contribution < 1.29 is 13.6 Å². The Balaban J connectivity index is 1.67. The van der Waals surface area contributed by atoms with E-state index in [2.05, 4.69) is 15.3 Å². The normalized spacial score (nSPS) is 10.9. The van der Waals surface area contributed by atoms with Crippen molar-refractivity contribution >= 4 is 44.9 Å². The lowest BCUT2D eigenvalue weighted by atomic mass is 10.3. The van der Waals surface area contributed by atoms with Crippen LogP contribution in [0.1, 0.15) is 0 Å². The first-order valence-corrected chi connectivity index (χ1v) is 8.24. The number of anilines is 1. The fourth-order valence-corrected chi connectivity index (χ4v) is 3.31. The van der Waals surface area contributed by atoms with E-state index in [1.165, 1.54) is 11.3 Å². The number of aromatic nitrogens is 2. The maximum absolute atomic E-state index is 13.4. The number of thiophene rings is 1. The van der Waals surface area contributed by atoms with Gasteiger partial charge >= 0.3 is 0 Å². The standard InChI is InChI=1S/C14H9F2N3O2S2/c15-7-1-2-10(9(16)5-7)17-11(20)6-23-14-18-12(21)8-3-4-22-13(8)19-14/h1-5H,6H2,(H,17,20)(H,18,19,21). The highest BCUT2D eigenvalue weighted by Crippen LogP contribution is 2.20. The van der Waals surface area contributed by atoms with E-state index in [-0.39, 0.29) is 17.0 Å². The molecule has 9 heteroatoms. The molecule has 0 aliphatic rings. The molecule has 2 aromatic heterocycles. The lowest BCUT2D eigenvalue weighted by Crippen LogP contribution is -2.16. The molecule has 3 rings (SSSR count). The third-order valence-corrected chi connectivity index (χ3v) is 4.54. The smallest absolute Gasteiger partial charge is 0.260 e. The predicted molar refractivity (Wildman–Crippen MR) is 86.0 cm³/mol. The van der Waals surface area contributed by atoms with Gasteiger partial charge in [0.15, 0.2) is 5.16 Å². The molecule has 0 unspecified atom stereocenters. The van der Waals surface area contributed by atoms with Gasteiger partial charge in [0.2, 0.25) is 5.91 Å². The van der Waals surface area contributed by atoms with Crippen molar-refractivity contribution in [1.29, 1.82) is 0 Å². The molecule has 0 spiro atoms. The van der Waals surface area contributed by atoms with Gasteiger partial charge in [0, 0.05) is 6.07 Å². The molecule has 0 fully saturated rings. The minimum absolute atomic E-state index is 0.0728. The van der Waals surface area contributed by atoms with E-state index in [4.69, 9.17) is 0 Å². The third kappa shape index (κ3) is 3.57. The first-order chi connectivity index (χ1) is 11.0. The number of halogens is 2. The quantitative estimate of drug-likeness (QED) is 0.559. The molecule has 2 heterocycles. The van der Waals surface area contributed by atoms with Crippen LogP contribution in [-0.4, -0.2) is 21.6 Å². The number of benzene rings is 1. The van der Waals surface area contributed by atoms with E-state index in [1.54, 1.807) is 11.4 Å². The van der Waals surface area contributed by atoms with Crippen LogP contribution in [0.3, 0.4) is 0 Å². The Bertz CT molecular complexity index is 939. The number of H-pyrrole nitrogens is 1. The average Bonchev–Trinajstić information content (AvgIpc) is 2.97. The summed E-state index contributed by atoms with van der Waals surface area (Å²) in [4.78, 5) is 31.0. The zero-order valence-electron chi connectivity index (χ0n) is 11.4. The lowest BCUT2D eigenvalue weighted by molar-refractivity contribution is -0.113. The number of fused-ring (bicyclic) bond motifs is 1. The summed E-state index contributed by atoms with van der Waals surface area (Å²) in [6, 6.07) is 4.55. The highest BCUT2D eigenvalue weighted by molar-refractivity contribution is 7.99. The predicted octanol–water partition coefficient (Wildman–Crippen LogP) is 2.99. The Hall–Kier alpha value is -2.26.